The zero-order valence-corrected chi connectivity index (χ0v) is 19.5. The van der Waals surface area contributed by atoms with E-state index in [0.29, 0.717) is 43.0 Å². The summed E-state index contributed by atoms with van der Waals surface area (Å²) in [5.41, 5.74) is 3.22. The number of carbonyl (C=O) groups excluding carboxylic acids is 1. The predicted molar refractivity (Wildman–Crippen MR) is 118 cm³/mol. The highest BCUT2D eigenvalue weighted by Gasteiger charge is 2.34. The largest absolute Gasteiger partial charge is 0.360 e. The number of para-hydroxylation sites is 1. The van der Waals surface area contributed by atoms with Gasteiger partial charge >= 0.3 is 0 Å². The van der Waals surface area contributed by atoms with Crippen molar-refractivity contribution in [3.8, 4) is 5.69 Å². The average Bonchev–Trinajstić information content (AvgIpc) is 3.13. The number of carbonyl (C=O) groups is 1. The van der Waals surface area contributed by atoms with Crippen molar-refractivity contribution in [2.75, 3.05) is 26.2 Å². The van der Waals surface area contributed by atoms with E-state index in [2.05, 4.69) is 10.3 Å². The van der Waals surface area contributed by atoms with Gasteiger partial charge in [0, 0.05) is 26.2 Å². The van der Waals surface area contributed by atoms with E-state index < -0.39 is 10.0 Å². The molecule has 0 N–H and O–H groups in total. The van der Waals surface area contributed by atoms with Crippen LogP contribution in [0.2, 0.25) is 0 Å². The lowest BCUT2D eigenvalue weighted by molar-refractivity contribution is 0.0762. The third-order valence-electron chi connectivity index (χ3n) is 5.81. The van der Waals surface area contributed by atoms with Crippen LogP contribution in [-0.4, -0.2) is 64.6 Å². The highest BCUT2D eigenvalue weighted by atomic mass is 32.2. The summed E-state index contributed by atoms with van der Waals surface area (Å²) in [5.74, 6) is 0.151. The average molecular weight is 458 g/mol. The van der Waals surface area contributed by atoms with Crippen LogP contribution in [0.25, 0.3) is 5.69 Å². The van der Waals surface area contributed by atoms with Crippen molar-refractivity contribution in [3.05, 3.63) is 58.7 Å². The summed E-state index contributed by atoms with van der Waals surface area (Å²) in [6.07, 6.45) is 0.541. The SMILES string of the molecule is Cc1nn(-c2ccccc2)c(C)c1C(=O)N1CCCN(S(=O)(=O)c2c(C)noc2C)CC1. The normalized spacial score (nSPS) is 15.7. The van der Waals surface area contributed by atoms with Crippen LogP contribution in [0.4, 0.5) is 0 Å². The van der Waals surface area contributed by atoms with Crippen LogP contribution in [0.5, 0.6) is 0 Å². The molecule has 3 aromatic rings. The van der Waals surface area contributed by atoms with E-state index in [1.54, 1.807) is 23.4 Å². The Balaban J connectivity index is 1.56. The fourth-order valence-corrected chi connectivity index (χ4v) is 6.00. The number of sulfonamides is 1. The number of hydrogen-bond donors (Lipinski definition) is 0. The van der Waals surface area contributed by atoms with Gasteiger partial charge in [-0.1, -0.05) is 23.4 Å². The number of aromatic nitrogens is 3. The molecule has 10 heteroatoms. The number of hydrogen-bond acceptors (Lipinski definition) is 6. The van der Waals surface area contributed by atoms with E-state index in [0.717, 1.165) is 11.4 Å². The Morgan fingerprint density at radius 1 is 0.969 bits per heavy atom. The molecule has 2 aromatic heterocycles. The van der Waals surface area contributed by atoms with Gasteiger partial charge in [-0.15, -0.1) is 0 Å². The molecule has 0 radical (unpaired) electrons. The summed E-state index contributed by atoms with van der Waals surface area (Å²) in [4.78, 5) is 15.2. The minimum Gasteiger partial charge on any atom is -0.360 e. The van der Waals surface area contributed by atoms with Gasteiger partial charge in [0.05, 0.1) is 22.6 Å². The fraction of sp³-hybridized carbons (Fsp3) is 0.409. The Kier molecular flexibility index (Phi) is 5.91. The summed E-state index contributed by atoms with van der Waals surface area (Å²) in [6.45, 7) is 8.24. The van der Waals surface area contributed by atoms with Gasteiger partial charge in [-0.05, 0) is 46.2 Å². The molecule has 0 spiro atoms. The molecule has 3 heterocycles. The molecular weight excluding hydrogens is 430 g/mol. The zero-order chi connectivity index (χ0) is 23.0. The quantitative estimate of drug-likeness (QED) is 0.597. The lowest BCUT2D eigenvalue weighted by Gasteiger charge is -2.22. The van der Waals surface area contributed by atoms with Crippen LogP contribution in [0.3, 0.4) is 0 Å². The Hall–Kier alpha value is -2.98. The van der Waals surface area contributed by atoms with Gasteiger partial charge in [-0.3, -0.25) is 4.79 Å². The number of nitrogens with zero attached hydrogens (tertiary/aromatic N) is 5. The lowest BCUT2D eigenvalue weighted by atomic mass is 10.1. The maximum atomic E-state index is 13.4. The second-order valence-corrected chi connectivity index (χ2v) is 9.87. The zero-order valence-electron chi connectivity index (χ0n) is 18.7. The number of rotatable bonds is 4. The molecule has 1 fully saturated rings. The van der Waals surface area contributed by atoms with Gasteiger partial charge in [-0.2, -0.15) is 9.40 Å². The van der Waals surface area contributed by atoms with Crippen molar-refractivity contribution in [2.24, 2.45) is 0 Å². The van der Waals surface area contributed by atoms with Crippen LogP contribution in [0.15, 0.2) is 39.8 Å². The van der Waals surface area contributed by atoms with Crippen molar-refractivity contribution >= 4 is 15.9 Å². The highest BCUT2D eigenvalue weighted by molar-refractivity contribution is 7.89. The van der Waals surface area contributed by atoms with Crippen molar-refractivity contribution < 1.29 is 17.7 Å². The van der Waals surface area contributed by atoms with Crippen LogP contribution >= 0.6 is 0 Å². The molecule has 0 unspecified atom stereocenters. The van der Waals surface area contributed by atoms with Gasteiger partial charge in [0.15, 0.2) is 5.76 Å². The minimum atomic E-state index is -3.74. The highest BCUT2D eigenvalue weighted by Crippen LogP contribution is 2.25. The van der Waals surface area contributed by atoms with Crippen molar-refractivity contribution in [3.63, 3.8) is 0 Å². The molecule has 0 atom stereocenters. The Bertz CT molecular complexity index is 1230. The fourth-order valence-electron chi connectivity index (χ4n) is 4.24. The topological polar surface area (TPSA) is 102 Å². The maximum absolute atomic E-state index is 13.4. The van der Waals surface area contributed by atoms with Crippen molar-refractivity contribution in [1.29, 1.82) is 0 Å². The molecule has 9 nitrogen and oxygen atoms in total. The predicted octanol–water partition coefficient (Wildman–Crippen LogP) is 2.63. The van der Waals surface area contributed by atoms with Crippen molar-refractivity contribution in [1.82, 2.24) is 24.1 Å². The summed E-state index contributed by atoms with van der Waals surface area (Å²) in [6, 6.07) is 9.67. The van der Waals surface area contributed by atoms with Gasteiger partial charge in [0.1, 0.15) is 10.6 Å². The van der Waals surface area contributed by atoms with Gasteiger partial charge < -0.3 is 9.42 Å². The molecule has 1 aromatic carbocycles. The molecule has 4 rings (SSSR count). The first-order valence-corrected chi connectivity index (χ1v) is 12.0. The first kappa shape index (κ1) is 22.2. The summed E-state index contributed by atoms with van der Waals surface area (Å²) in [5, 5.41) is 8.35. The third kappa shape index (κ3) is 3.84. The van der Waals surface area contributed by atoms with Crippen LogP contribution in [-0.2, 0) is 10.0 Å². The molecule has 1 aliphatic heterocycles. The second kappa shape index (κ2) is 8.51. The molecule has 0 saturated carbocycles. The van der Waals surface area contributed by atoms with Gasteiger partial charge in [0.2, 0.25) is 10.0 Å². The molecular formula is C22H27N5O4S. The third-order valence-corrected chi connectivity index (χ3v) is 7.96. The lowest BCUT2D eigenvalue weighted by Crippen LogP contribution is -2.38. The molecule has 1 saturated heterocycles. The number of benzene rings is 1. The molecule has 170 valence electrons. The van der Waals surface area contributed by atoms with Crippen LogP contribution in [0, 0.1) is 27.7 Å². The van der Waals surface area contributed by atoms with Gasteiger partial charge in [-0.25, -0.2) is 13.1 Å². The van der Waals surface area contributed by atoms with E-state index in [1.165, 1.54) is 4.31 Å². The van der Waals surface area contributed by atoms with E-state index in [4.69, 9.17) is 4.52 Å². The van der Waals surface area contributed by atoms with Gasteiger partial charge in [0.25, 0.3) is 5.91 Å². The van der Waals surface area contributed by atoms with E-state index in [9.17, 15) is 13.2 Å². The van der Waals surface area contributed by atoms with Crippen LogP contribution < -0.4 is 0 Å². The Morgan fingerprint density at radius 3 is 2.34 bits per heavy atom. The minimum absolute atomic E-state index is 0.119. The van der Waals surface area contributed by atoms with E-state index in [-0.39, 0.29) is 23.1 Å². The first-order valence-electron chi connectivity index (χ1n) is 10.6. The molecule has 1 amide bonds. The van der Waals surface area contributed by atoms with Crippen molar-refractivity contribution in [2.45, 2.75) is 39.0 Å². The number of amides is 1. The Morgan fingerprint density at radius 2 is 1.69 bits per heavy atom. The maximum Gasteiger partial charge on any atom is 0.257 e. The molecule has 1 aliphatic rings. The molecule has 0 bridgehead atoms. The summed E-state index contributed by atoms with van der Waals surface area (Å²) < 4.78 is 34.6. The van der Waals surface area contributed by atoms with E-state index in [1.807, 2.05) is 44.2 Å². The second-order valence-electron chi connectivity index (χ2n) is 8.00. The molecule has 32 heavy (non-hydrogen) atoms. The summed E-state index contributed by atoms with van der Waals surface area (Å²) in [7, 11) is -3.74. The first-order chi connectivity index (χ1) is 15.2. The standard InChI is InChI=1S/C22H27N5O4S/c1-15-20(17(3)27(23-15)19-9-6-5-7-10-19)22(28)25-11-8-12-26(14-13-25)32(29,30)21-16(2)24-31-18(21)4/h5-7,9-10H,8,11-14H2,1-4H3. The smallest absolute Gasteiger partial charge is 0.257 e. The number of aryl methyl sites for hydroxylation is 3. The monoisotopic (exact) mass is 457 g/mol. The Labute approximate surface area is 187 Å². The van der Waals surface area contributed by atoms with E-state index >= 15 is 0 Å². The molecule has 0 aliphatic carbocycles. The van der Waals surface area contributed by atoms with Crippen LogP contribution in [0.1, 0.15) is 39.6 Å². The summed E-state index contributed by atoms with van der Waals surface area (Å²) >= 11 is 0.